The standard InChI is InChI=1S/C6H13ClO2S2/c1-11(8,9)6-5-10-4-2-3-7/h2-6H2,1H3. The number of hydrogen-bond acceptors (Lipinski definition) is 3. The maximum atomic E-state index is 10.6. The van der Waals surface area contributed by atoms with Crippen molar-refractivity contribution in [2.45, 2.75) is 6.42 Å². The fourth-order valence-corrected chi connectivity index (χ4v) is 3.00. The quantitative estimate of drug-likeness (QED) is 0.497. The van der Waals surface area contributed by atoms with Gasteiger partial charge in [0.25, 0.3) is 0 Å². The molecule has 0 aromatic carbocycles. The molecule has 0 atom stereocenters. The number of sulfone groups is 1. The van der Waals surface area contributed by atoms with E-state index in [0.29, 0.717) is 11.6 Å². The first-order chi connectivity index (χ1) is 5.06. The number of rotatable bonds is 6. The van der Waals surface area contributed by atoms with Gasteiger partial charge >= 0.3 is 0 Å². The van der Waals surface area contributed by atoms with Gasteiger partial charge in [-0.25, -0.2) is 8.42 Å². The highest BCUT2D eigenvalue weighted by Crippen LogP contribution is 2.03. The molecule has 68 valence electrons. The van der Waals surface area contributed by atoms with Crippen LogP contribution in [-0.4, -0.2) is 37.8 Å². The van der Waals surface area contributed by atoms with Crippen LogP contribution in [-0.2, 0) is 9.84 Å². The third kappa shape index (κ3) is 10.6. The van der Waals surface area contributed by atoms with Gasteiger partial charge in [-0.15, -0.1) is 11.6 Å². The fraction of sp³-hybridized carbons (Fsp3) is 1.00. The Morgan fingerprint density at radius 1 is 1.36 bits per heavy atom. The molecular formula is C6H13ClO2S2. The van der Waals surface area contributed by atoms with Crippen molar-refractivity contribution < 1.29 is 8.42 Å². The molecule has 0 spiro atoms. The number of hydrogen-bond donors (Lipinski definition) is 0. The smallest absolute Gasteiger partial charge is 0.148 e. The molecule has 0 N–H and O–H groups in total. The Morgan fingerprint density at radius 2 is 2.00 bits per heavy atom. The monoisotopic (exact) mass is 216 g/mol. The maximum Gasteiger partial charge on any atom is 0.148 e. The molecule has 0 aliphatic carbocycles. The highest BCUT2D eigenvalue weighted by atomic mass is 35.5. The van der Waals surface area contributed by atoms with Crippen molar-refractivity contribution in [1.29, 1.82) is 0 Å². The molecule has 0 heterocycles. The lowest BCUT2D eigenvalue weighted by atomic mass is 10.6. The van der Waals surface area contributed by atoms with Crippen LogP contribution in [0.1, 0.15) is 6.42 Å². The molecule has 0 radical (unpaired) electrons. The minimum Gasteiger partial charge on any atom is -0.229 e. The van der Waals surface area contributed by atoms with Crippen LogP contribution in [0.3, 0.4) is 0 Å². The minimum absolute atomic E-state index is 0.278. The van der Waals surface area contributed by atoms with Crippen molar-refractivity contribution in [1.82, 2.24) is 0 Å². The van der Waals surface area contributed by atoms with Crippen LogP contribution < -0.4 is 0 Å². The Bertz CT molecular complexity index is 177. The van der Waals surface area contributed by atoms with Gasteiger partial charge in [0, 0.05) is 17.9 Å². The van der Waals surface area contributed by atoms with Crippen LogP contribution in [0.2, 0.25) is 0 Å². The molecule has 0 aromatic heterocycles. The van der Waals surface area contributed by atoms with Gasteiger partial charge in [0.15, 0.2) is 0 Å². The van der Waals surface area contributed by atoms with Crippen molar-refractivity contribution in [3.8, 4) is 0 Å². The zero-order chi connectivity index (χ0) is 8.74. The Kier molecular flexibility index (Phi) is 6.47. The van der Waals surface area contributed by atoms with Gasteiger partial charge in [0.2, 0.25) is 0 Å². The molecule has 0 bridgehead atoms. The summed E-state index contributed by atoms with van der Waals surface area (Å²) < 4.78 is 21.2. The summed E-state index contributed by atoms with van der Waals surface area (Å²) >= 11 is 7.08. The molecule has 11 heavy (non-hydrogen) atoms. The Morgan fingerprint density at radius 3 is 2.45 bits per heavy atom. The SMILES string of the molecule is CS(=O)(=O)CCSCCCCl. The van der Waals surface area contributed by atoms with Crippen molar-refractivity contribution in [2.75, 3.05) is 29.4 Å². The van der Waals surface area contributed by atoms with E-state index in [-0.39, 0.29) is 5.75 Å². The lowest BCUT2D eigenvalue weighted by molar-refractivity contribution is 0.603. The number of thioether (sulfide) groups is 1. The van der Waals surface area contributed by atoms with Gasteiger partial charge < -0.3 is 0 Å². The average molecular weight is 217 g/mol. The molecule has 0 saturated heterocycles. The third-order valence-electron chi connectivity index (χ3n) is 1.02. The van der Waals surface area contributed by atoms with Gasteiger partial charge in [-0.3, -0.25) is 0 Å². The molecule has 0 amide bonds. The molecule has 2 nitrogen and oxygen atoms in total. The van der Waals surface area contributed by atoms with Gasteiger partial charge in [0.1, 0.15) is 9.84 Å². The van der Waals surface area contributed by atoms with Gasteiger partial charge in [-0.2, -0.15) is 11.8 Å². The predicted octanol–water partition coefficient (Wildman–Crippen LogP) is 1.39. The van der Waals surface area contributed by atoms with Crippen LogP contribution in [0.25, 0.3) is 0 Å². The average Bonchev–Trinajstić information content (AvgIpc) is 1.85. The van der Waals surface area contributed by atoms with Gasteiger partial charge in [-0.05, 0) is 12.2 Å². The summed E-state index contributed by atoms with van der Waals surface area (Å²) in [6.45, 7) is 0. The summed E-state index contributed by atoms with van der Waals surface area (Å²) in [6, 6.07) is 0. The summed E-state index contributed by atoms with van der Waals surface area (Å²) in [5, 5.41) is 0. The van der Waals surface area contributed by atoms with Crippen LogP contribution in [0, 0.1) is 0 Å². The zero-order valence-corrected chi connectivity index (χ0v) is 8.94. The summed E-state index contributed by atoms with van der Waals surface area (Å²) in [5.41, 5.74) is 0. The van der Waals surface area contributed by atoms with Crippen LogP contribution in [0.5, 0.6) is 0 Å². The third-order valence-corrected chi connectivity index (χ3v) is 3.56. The second-order valence-corrected chi connectivity index (χ2v) is 6.15. The summed E-state index contributed by atoms with van der Waals surface area (Å²) in [7, 11) is -2.77. The van der Waals surface area contributed by atoms with Crippen molar-refractivity contribution in [3.63, 3.8) is 0 Å². The molecule has 0 unspecified atom stereocenters. The van der Waals surface area contributed by atoms with E-state index < -0.39 is 9.84 Å². The summed E-state index contributed by atoms with van der Waals surface area (Å²) in [6.07, 6.45) is 2.21. The second-order valence-electron chi connectivity index (χ2n) is 2.28. The molecule has 0 fully saturated rings. The highest BCUT2D eigenvalue weighted by molar-refractivity contribution is 8.00. The largest absolute Gasteiger partial charge is 0.229 e. The highest BCUT2D eigenvalue weighted by Gasteiger charge is 2.00. The number of alkyl halides is 1. The number of halogens is 1. The molecule has 0 aliphatic heterocycles. The van der Waals surface area contributed by atoms with Crippen LogP contribution in [0.4, 0.5) is 0 Å². The normalized spacial score (nSPS) is 11.8. The molecule has 0 saturated carbocycles. The lowest BCUT2D eigenvalue weighted by Gasteiger charge is -1.97. The summed E-state index contributed by atoms with van der Waals surface area (Å²) in [5.74, 6) is 2.58. The topological polar surface area (TPSA) is 34.1 Å². The van der Waals surface area contributed by atoms with E-state index in [1.54, 1.807) is 11.8 Å². The first-order valence-electron chi connectivity index (χ1n) is 3.37. The molecule has 5 heteroatoms. The van der Waals surface area contributed by atoms with Crippen molar-refractivity contribution in [2.24, 2.45) is 0 Å². The fourth-order valence-electron chi connectivity index (χ4n) is 0.469. The van der Waals surface area contributed by atoms with Crippen molar-refractivity contribution >= 4 is 33.2 Å². The van der Waals surface area contributed by atoms with E-state index in [9.17, 15) is 8.42 Å². The Balaban J connectivity index is 3.16. The zero-order valence-electron chi connectivity index (χ0n) is 6.55. The Hall–Kier alpha value is 0.590. The van der Waals surface area contributed by atoms with E-state index >= 15 is 0 Å². The van der Waals surface area contributed by atoms with E-state index in [2.05, 4.69) is 0 Å². The van der Waals surface area contributed by atoms with Crippen LogP contribution in [0.15, 0.2) is 0 Å². The lowest BCUT2D eigenvalue weighted by Crippen LogP contribution is -2.05. The predicted molar refractivity (Wildman–Crippen MR) is 52.4 cm³/mol. The minimum atomic E-state index is -2.77. The van der Waals surface area contributed by atoms with Gasteiger partial charge in [0.05, 0.1) is 5.75 Å². The van der Waals surface area contributed by atoms with E-state index in [0.717, 1.165) is 12.2 Å². The second kappa shape index (κ2) is 6.14. The first-order valence-corrected chi connectivity index (χ1v) is 7.12. The van der Waals surface area contributed by atoms with Crippen LogP contribution >= 0.6 is 23.4 Å². The Labute approximate surface area is 77.6 Å². The maximum absolute atomic E-state index is 10.6. The van der Waals surface area contributed by atoms with E-state index in [1.807, 2.05) is 0 Å². The van der Waals surface area contributed by atoms with E-state index in [1.165, 1.54) is 6.26 Å². The molecule has 0 aliphatic rings. The van der Waals surface area contributed by atoms with Gasteiger partial charge in [-0.1, -0.05) is 0 Å². The molecule has 0 aromatic rings. The first kappa shape index (κ1) is 11.6. The van der Waals surface area contributed by atoms with Crippen molar-refractivity contribution in [3.05, 3.63) is 0 Å². The summed E-state index contributed by atoms with van der Waals surface area (Å²) in [4.78, 5) is 0. The van der Waals surface area contributed by atoms with E-state index in [4.69, 9.17) is 11.6 Å². The molecule has 0 rings (SSSR count). The molecular weight excluding hydrogens is 204 g/mol.